The number of benzene rings is 1. The minimum atomic E-state index is -0.596. The van der Waals surface area contributed by atoms with E-state index in [2.05, 4.69) is 20.9 Å². The van der Waals surface area contributed by atoms with Crippen molar-refractivity contribution < 1.29 is 19.1 Å². The molecule has 2 aliphatic rings. The van der Waals surface area contributed by atoms with Gasteiger partial charge in [0.1, 0.15) is 12.5 Å². The minimum absolute atomic E-state index is 0.0876. The second-order valence-corrected chi connectivity index (χ2v) is 7.68. The molecule has 144 valence electrons. The predicted molar refractivity (Wildman–Crippen MR) is 107 cm³/mol. The number of Topliss-reactive ketones (excluding diaryl/α,β-unsaturated/α-hetero) is 1. The molecule has 1 unspecified atom stereocenters. The topological polar surface area (TPSA) is 65.0 Å². The lowest BCUT2D eigenvalue weighted by Crippen LogP contribution is -2.37. The monoisotopic (exact) mass is 433 g/mol. The number of hydrogen-bond acceptors (Lipinski definition) is 5. The van der Waals surface area contributed by atoms with Gasteiger partial charge in [-0.25, -0.2) is 0 Å². The highest BCUT2D eigenvalue weighted by atomic mass is 79.9. The summed E-state index contributed by atoms with van der Waals surface area (Å²) in [5, 5.41) is 0. The van der Waals surface area contributed by atoms with Crippen LogP contribution in [0.25, 0.3) is 0 Å². The highest BCUT2D eigenvalue weighted by molar-refractivity contribution is 9.10. The molecular weight excluding hydrogens is 410 g/mol. The number of nitrogens with zero attached hydrogens (tertiary/aromatic N) is 1. The van der Waals surface area contributed by atoms with Gasteiger partial charge in [0.2, 0.25) is 0 Å². The molecule has 6 heteroatoms. The summed E-state index contributed by atoms with van der Waals surface area (Å²) in [7, 11) is 0. The fraction of sp³-hybridized carbons (Fsp3) is 0.476. The van der Waals surface area contributed by atoms with Crippen LogP contribution >= 0.6 is 15.9 Å². The third-order valence-corrected chi connectivity index (χ3v) is 5.47. The smallest absolute Gasteiger partial charge is 0.315 e. The molecule has 0 aromatic heterocycles. The Morgan fingerprint density at radius 3 is 2.85 bits per heavy atom. The molecule has 2 atom stereocenters. The largest absolute Gasteiger partial charge is 0.463 e. The first-order valence-corrected chi connectivity index (χ1v) is 10.1. The molecule has 0 fully saturated rings. The van der Waals surface area contributed by atoms with Crippen LogP contribution in [0.15, 0.2) is 45.0 Å². The minimum Gasteiger partial charge on any atom is -0.463 e. The Bertz CT molecular complexity index is 799. The van der Waals surface area contributed by atoms with Crippen LogP contribution in [0.3, 0.4) is 0 Å². The van der Waals surface area contributed by atoms with Crippen molar-refractivity contribution in [3.8, 4) is 0 Å². The average molecular weight is 434 g/mol. The summed E-state index contributed by atoms with van der Waals surface area (Å²) >= 11 is 3.50. The molecule has 0 spiro atoms. The second-order valence-electron chi connectivity index (χ2n) is 6.77. The SMILES string of the molecule is CCOCCOC(=O)C1C(C)=NC2=C(C(=O)CCC2)[C@@H]1c1cccc(Br)c1. The van der Waals surface area contributed by atoms with Crippen LogP contribution in [0.1, 0.15) is 44.6 Å². The molecule has 0 saturated carbocycles. The lowest BCUT2D eigenvalue weighted by molar-refractivity contribution is -0.148. The molecule has 3 rings (SSSR count). The quantitative estimate of drug-likeness (QED) is 0.497. The number of carbonyl (C=O) groups excluding carboxylic acids is 2. The Morgan fingerprint density at radius 1 is 1.30 bits per heavy atom. The molecule has 0 radical (unpaired) electrons. The van der Waals surface area contributed by atoms with Crippen LogP contribution in [0.5, 0.6) is 0 Å². The van der Waals surface area contributed by atoms with Crippen LogP contribution in [0.2, 0.25) is 0 Å². The van der Waals surface area contributed by atoms with E-state index in [4.69, 9.17) is 9.47 Å². The van der Waals surface area contributed by atoms with Crippen molar-refractivity contribution in [2.75, 3.05) is 19.8 Å². The lowest BCUT2D eigenvalue weighted by Gasteiger charge is -2.34. The van der Waals surface area contributed by atoms with Crippen molar-refractivity contribution >= 4 is 33.4 Å². The van der Waals surface area contributed by atoms with Crippen molar-refractivity contribution in [2.24, 2.45) is 10.9 Å². The van der Waals surface area contributed by atoms with Crippen LogP contribution in [0.4, 0.5) is 0 Å². The van der Waals surface area contributed by atoms with Gasteiger partial charge >= 0.3 is 5.97 Å². The first-order valence-electron chi connectivity index (χ1n) is 9.34. The van der Waals surface area contributed by atoms with Gasteiger partial charge in [-0.05, 0) is 44.4 Å². The standard InChI is InChI=1S/C21H24BrNO4/c1-3-26-10-11-27-21(25)18-13(2)23-16-8-5-9-17(24)20(16)19(18)14-6-4-7-15(22)12-14/h4,6-7,12,18-19H,3,5,8-11H2,1-2H3/t18?,19-/m1/s1. The Labute approximate surface area is 168 Å². The number of rotatable bonds is 6. The fourth-order valence-corrected chi connectivity index (χ4v) is 4.22. The van der Waals surface area contributed by atoms with Crippen LogP contribution in [-0.2, 0) is 19.1 Å². The van der Waals surface area contributed by atoms with E-state index in [0.29, 0.717) is 30.9 Å². The molecule has 1 aliphatic heterocycles. The molecular formula is C21H24BrNO4. The zero-order chi connectivity index (χ0) is 19.4. The van der Waals surface area contributed by atoms with E-state index in [-0.39, 0.29) is 24.3 Å². The zero-order valence-electron chi connectivity index (χ0n) is 15.7. The summed E-state index contributed by atoms with van der Waals surface area (Å²) < 4.78 is 11.6. The highest BCUT2D eigenvalue weighted by Crippen LogP contribution is 2.43. The first-order chi connectivity index (χ1) is 13.0. The predicted octanol–water partition coefficient (Wildman–Crippen LogP) is 4.21. The van der Waals surface area contributed by atoms with E-state index in [1.807, 2.05) is 38.1 Å². The lowest BCUT2D eigenvalue weighted by atomic mass is 9.72. The molecule has 1 aromatic carbocycles. The highest BCUT2D eigenvalue weighted by Gasteiger charge is 2.43. The van der Waals surface area contributed by atoms with E-state index in [0.717, 1.165) is 28.6 Å². The van der Waals surface area contributed by atoms with Crippen molar-refractivity contribution in [1.29, 1.82) is 0 Å². The van der Waals surface area contributed by atoms with Gasteiger partial charge in [0.25, 0.3) is 0 Å². The Morgan fingerprint density at radius 2 is 2.11 bits per heavy atom. The summed E-state index contributed by atoms with van der Waals surface area (Å²) in [6.45, 7) is 4.88. The summed E-state index contributed by atoms with van der Waals surface area (Å²) in [5.41, 5.74) is 3.13. The Balaban J connectivity index is 1.98. The van der Waals surface area contributed by atoms with E-state index in [1.165, 1.54) is 0 Å². The van der Waals surface area contributed by atoms with Gasteiger partial charge in [-0.15, -0.1) is 0 Å². The molecule has 1 heterocycles. The van der Waals surface area contributed by atoms with Crippen molar-refractivity contribution in [3.63, 3.8) is 0 Å². The summed E-state index contributed by atoms with van der Waals surface area (Å²) in [4.78, 5) is 30.3. The molecule has 0 saturated heterocycles. The molecule has 1 aliphatic carbocycles. The van der Waals surface area contributed by atoms with Crippen molar-refractivity contribution in [1.82, 2.24) is 0 Å². The Kier molecular flexibility index (Phi) is 6.60. The van der Waals surface area contributed by atoms with Gasteiger partial charge in [-0.2, -0.15) is 0 Å². The molecule has 0 amide bonds. The van der Waals surface area contributed by atoms with Crippen molar-refractivity contribution in [2.45, 2.75) is 39.0 Å². The maximum atomic E-state index is 12.9. The van der Waals surface area contributed by atoms with Gasteiger partial charge in [0.15, 0.2) is 5.78 Å². The van der Waals surface area contributed by atoms with Crippen molar-refractivity contribution in [3.05, 3.63) is 45.6 Å². The molecule has 5 nitrogen and oxygen atoms in total. The van der Waals surface area contributed by atoms with Crippen LogP contribution in [-0.4, -0.2) is 37.3 Å². The normalized spacial score (nSPS) is 22.3. The summed E-state index contributed by atoms with van der Waals surface area (Å²) in [5.74, 6) is -1.22. The van der Waals surface area contributed by atoms with Crippen LogP contribution in [0, 0.1) is 5.92 Å². The van der Waals surface area contributed by atoms with E-state index in [1.54, 1.807) is 0 Å². The van der Waals surface area contributed by atoms with Gasteiger partial charge in [-0.3, -0.25) is 14.6 Å². The van der Waals surface area contributed by atoms with E-state index >= 15 is 0 Å². The number of hydrogen-bond donors (Lipinski definition) is 0. The number of esters is 1. The number of ether oxygens (including phenoxy) is 2. The van der Waals surface area contributed by atoms with E-state index < -0.39 is 5.92 Å². The van der Waals surface area contributed by atoms with E-state index in [9.17, 15) is 9.59 Å². The Hall–Kier alpha value is -1.79. The molecule has 0 bridgehead atoms. The molecule has 1 aromatic rings. The third-order valence-electron chi connectivity index (χ3n) is 4.97. The summed E-state index contributed by atoms with van der Waals surface area (Å²) in [6, 6.07) is 7.78. The third kappa shape index (κ3) is 4.38. The fourth-order valence-electron chi connectivity index (χ4n) is 3.81. The average Bonchev–Trinajstić information content (AvgIpc) is 2.64. The number of allylic oxidation sites excluding steroid dienone is 2. The number of ketones is 1. The van der Waals surface area contributed by atoms with Gasteiger partial charge in [-0.1, -0.05) is 28.1 Å². The van der Waals surface area contributed by atoms with Gasteiger partial charge in [0.05, 0.1) is 6.61 Å². The molecule has 27 heavy (non-hydrogen) atoms. The van der Waals surface area contributed by atoms with Crippen LogP contribution < -0.4 is 0 Å². The first kappa shape index (κ1) is 20.0. The molecule has 0 N–H and O–H groups in total. The number of aliphatic imine (C=N–C) groups is 1. The van der Waals surface area contributed by atoms with Gasteiger partial charge in [0, 0.05) is 40.4 Å². The zero-order valence-corrected chi connectivity index (χ0v) is 17.3. The summed E-state index contributed by atoms with van der Waals surface area (Å²) in [6.07, 6.45) is 2.09. The maximum absolute atomic E-state index is 12.9. The number of halogens is 1. The maximum Gasteiger partial charge on any atom is 0.315 e. The number of carbonyl (C=O) groups is 2. The van der Waals surface area contributed by atoms with Gasteiger partial charge < -0.3 is 9.47 Å². The second kappa shape index (κ2) is 8.93.